The zero-order valence-corrected chi connectivity index (χ0v) is 12.1. The van der Waals surface area contributed by atoms with Crippen LogP contribution in [-0.2, 0) is 14.6 Å². The Labute approximate surface area is 121 Å². The smallest absolute Gasteiger partial charge is 0.369 e. The number of carbonyl (C=O) groups is 1. The van der Waals surface area contributed by atoms with E-state index in [1.54, 1.807) is 0 Å². The second-order valence-corrected chi connectivity index (χ2v) is 6.86. The molecule has 2 unspecified atom stereocenters. The molecular formula is C9H12ClF6NO3S. The first kappa shape index (κ1) is 20.3. The molecule has 126 valence electrons. The number of hydrogen-bond donors (Lipinski definition) is 1. The maximum absolute atomic E-state index is 13.5. The van der Waals surface area contributed by atoms with Crippen LogP contribution in [0.4, 0.5) is 26.3 Å². The summed E-state index contributed by atoms with van der Waals surface area (Å²) in [7, 11) is -6.25. The molecule has 0 spiro atoms. The number of rotatable bonds is 7. The van der Waals surface area contributed by atoms with Crippen molar-refractivity contribution in [2.75, 3.05) is 0 Å². The third-order valence-corrected chi connectivity index (χ3v) is 5.37. The number of carbonyl (C=O) groups excluding carboxylic acids is 1. The molecule has 0 saturated heterocycles. The quantitative estimate of drug-likeness (QED) is 0.557. The lowest BCUT2D eigenvalue weighted by Crippen LogP contribution is -2.59. The molecule has 0 aromatic carbocycles. The molecule has 2 atom stereocenters. The summed E-state index contributed by atoms with van der Waals surface area (Å²) < 4.78 is 99.8. The van der Waals surface area contributed by atoms with Gasteiger partial charge in [-0.2, -0.15) is 22.0 Å². The first-order chi connectivity index (χ1) is 9.14. The molecule has 0 heterocycles. The largest absolute Gasteiger partial charge is 0.444 e. The summed E-state index contributed by atoms with van der Waals surface area (Å²) in [6, 6.07) is 0. The van der Waals surface area contributed by atoms with Crippen molar-refractivity contribution in [2.45, 2.75) is 48.0 Å². The minimum absolute atomic E-state index is 0.101. The van der Waals surface area contributed by atoms with Gasteiger partial charge in [0, 0.05) is 0 Å². The van der Waals surface area contributed by atoms with Gasteiger partial charge in [-0.15, -0.1) is 0 Å². The van der Waals surface area contributed by atoms with Crippen molar-refractivity contribution in [3.8, 4) is 0 Å². The Hall–Kier alpha value is -0.710. The molecule has 0 radical (unpaired) electrons. The number of sulfone groups is 1. The van der Waals surface area contributed by atoms with Crippen LogP contribution in [0.25, 0.3) is 0 Å². The second kappa shape index (κ2) is 6.19. The van der Waals surface area contributed by atoms with E-state index in [9.17, 15) is 39.6 Å². The van der Waals surface area contributed by atoms with Gasteiger partial charge in [-0.1, -0.05) is 31.4 Å². The van der Waals surface area contributed by atoms with Gasteiger partial charge in [0.1, 0.15) is 5.25 Å². The van der Waals surface area contributed by atoms with Crippen LogP contribution in [0.2, 0.25) is 0 Å². The molecule has 4 nitrogen and oxygen atoms in total. The van der Waals surface area contributed by atoms with Crippen molar-refractivity contribution in [1.29, 1.82) is 0 Å². The van der Waals surface area contributed by atoms with E-state index in [-0.39, 0.29) is 12.8 Å². The Kier molecular flexibility index (Phi) is 5.98. The van der Waals surface area contributed by atoms with Crippen molar-refractivity contribution < 1.29 is 39.6 Å². The summed E-state index contributed by atoms with van der Waals surface area (Å²) >= 11 is 4.10. The molecule has 0 aliphatic carbocycles. The number of unbranched alkanes of at least 4 members (excludes halogenated alkanes) is 1. The van der Waals surface area contributed by atoms with Gasteiger partial charge in [0.25, 0.3) is 0 Å². The summed E-state index contributed by atoms with van der Waals surface area (Å²) in [5.74, 6) is -1.81. The Morgan fingerprint density at radius 1 is 1.19 bits per heavy atom. The van der Waals surface area contributed by atoms with E-state index in [0.29, 0.717) is 0 Å². The number of alkyl halides is 7. The standard InChI is InChI=1S/C9H12ClF6NO3S/c1-2-3-4-5(6(17)18)21(19,20)9(15,16)7(10,11)8(12,13)14/h5H,2-4H2,1H3,(H2,17,18). The van der Waals surface area contributed by atoms with E-state index in [4.69, 9.17) is 0 Å². The fourth-order valence-electron chi connectivity index (χ4n) is 1.36. The van der Waals surface area contributed by atoms with Crippen LogP contribution in [0, 0.1) is 0 Å². The lowest BCUT2D eigenvalue weighted by atomic mass is 10.2. The van der Waals surface area contributed by atoms with Crippen LogP contribution in [0.15, 0.2) is 0 Å². The first-order valence-corrected chi connectivity index (χ1v) is 7.42. The highest BCUT2D eigenvalue weighted by Gasteiger charge is 2.77. The summed E-state index contributed by atoms with van der Waals surface area (Å²) in [5, 5.41) is -14.6. The zero-order valence-electron chi connectivity index (χ0n) is 10.6. The predicted molar refractivity (Wildman–Crippen MR) is 62.1 cm³/mol. The fraction of sp³-hybridized carbons (Fsp3) is 0.889. The highest BCUT2D eigenvalue weighted by molar-refractivity contribution is 7.94. The Morgan fingerprint density at radius 2 is 1.62 bits per heavy atom. The summed E-state index contributed by atoms with van der Waals surface area (Å²) in [6.07, 6.45) is -7.01. The lowest BCUT2D eigenvalue weighted by molar-refractivity contribution is -0.243. The molecule has 0 fully saturated rings. The monoisotopic (exact) mass is 363 g/mol. The van der Waals surface area contributed by atoms with Crippen molar-refractivity contribution in [3.05, 3.63) is 0 Å². The highest BCUT2D eigenvalue weighted by Crippen LogP contribution is 2.52. The van der Waals surface area contributed by atoms with Gasteiger partial charge in [-0.05, 0) is 6.42 Å². The lowest BCUT2D eigenvalue weighted by Gasteiger charge is -2.31. The van der Waals surface area contributed by atoms with Crippen LogP contribution < -0.4 is 5.73 Å². The molecule has 1 amide bonds. The Bertz CT molecular complexity index is 490. The average Bonchev–Trinajstić information content (AvgIpc) is 2.26. The van der Waals surface area contributed by atoms with E-state index >= 15 is 0 Å². The molecule has 0 aliphatic heterocycles. The second-order valence-electron chi connectivity index (χ2n) is 4.17. The van der Waals surface area contributed by atoms with Gasteiger partial charge in [-0.25, -0.2) is 12.8 Å². The van der Waals surface area contributed by atoms with Gasteiger partial charge < -0.3 is 5.73 Å². The van der Waals surface area contributed by atoms with Gasteiger partial charge >= 0.3 is 16.6 Å². The van der Waals surface area contributed by atoms with Gasteiger partial charge in [0.05, 0.1) is 0 Å². The van der Waals surface area contributed by atoms with Gasteiger partial charge in [0.15, 0.2) is 0 Å². The molecule has 21 heavy (non-hydrogen) atoms. The molecule has 2 N–H and O–H groups in total. The molecule has 0 aromatic rings. The molecule has 0 rings (SSSR count). The average molecular weight is 364 g/mol. The molecule has 0 aliphatic rings. The molecular weight excluding hydrogens is 352 g/mol. The van der Waals surface area contributed by atoms with Crippen LogP contribution in [0.1, 0.15) is 26.2 Å². The predicted octanol–water partition coefficient (Wildman–Crippen LogP) is 2.50. The molecule has 0 bridgehead atoms. The molecule has 0 aromatic heterocycles. The molecule has 12 heteroatoms. The van der Waals surface area contributed by atoms with Gasteiger partial charge in [-0.3, -0.25) is 4.79 Å². The third kappa shape index (κ3) is 3.55. The van der Waals surface area contributed by atoms with E-state index in [2.05, 4.69) is 17.3 Å². The highest BCUT2D eigenvalue weighted by atomic mass is 35.5. The van der Waals surface area contributed by atoms with Crippen molar-refractivity contribution >= 4 is 27.3 Å². The number of amides is 1. The maximum atomic E-state index is 13.5. The van der Waals surface area contributed by atoms with Crippen molar-refractivity contribution in [3.63, 3.8) is 0 Å². The van der Waals surface area contributed by atoms with E-state index in [1.165, 1.54) is 6.92 Å². The number of hydrogen-bond acceptors (Lipinski definition) is 3. The summed E-state index contributed by atoms with van der Waals surface area (Å²) in [4.78, 5) is 10.9. The van der Waals surface area contributed by atoms with Crippen LogP contribution in [0.3, 0.4) is 0 Å². The van der Waals surface area contributed by atoms with Crippen molar-refractivity contribution in [2.24, 2.45) is 5.73 Å². The maximum Gasteiger partial charge on any atom is 0.444 e. The Morgan fingerprint density at radius 3 is 1.90 bits per heavy atom. The zero-order chi connectivity index (χ0) is 17.3. The summed E-state index contributed by atoms with van der Waals surface area (Å²) in [5.41, 5.74) is 4.61. The topological polar surface area (TPSA) is 77.2 Å². The van der Waals surface area contributed by atoms with Crippen LogP contribution in [0.5, 0.6) is 0 Å². The van der Waals surface area contributed by atoms with E-state index in [1.807, 2.05) is 0 Å². The molecule has 0 saturated carbocycles. The van der Waals surface area contributed by atoms with Gasteiger partial charge in [0.2, 0.25) is 15.7 Å². The van der Waals surface area contributed by atoms with Crippen molar-refractivity contribution in [1.82, 2.24) is 0 Å². The number of halogens is 7. The summed E-state index contributed by atoms with van der Waals surface area (Å²) in [6.45, 7) is 1.50. The fourth-order valence-corrected chi connectivity index (χ4v) is 3.30. The van der Waals surface area contributed by atoms with E-state index in [0.717, 1.165) is 0 Å². The Balaban J connectivity index is 5.91. The number of primary amides is 1. The third-order valence-electron chi connectivity index (χ3n) is 2.59. The minimum Gasteiger partial charge on any atom is -0.369 e. The van der Waals surface area contributed by atoms with Crippen LogP contribution >= 0.6 is 11.6 Å². The first-order valence-electron chi connectivity index (χ1n) is 5.49. The van der Waals surface area contributed by atoms with E-state index < -0.39 is 44.0 Å². The normalized spacial score (nSPS) is 18.1. The van der Waals surface area contributed by atoms with Crippen LogP contribution in [-0.4, -0.2) is 36.1 Å². The SMILES string of the molecule is CCCCC(C(N)=O)S(=O)(=O)C(F)(F)C(F)(Cl)C(F)(F)F. The minimum atomic E-state index is -6.38. The number of nitrogens with two attached hydrogens (primary N) is 1.